The second-order valence-electron chi connectivity index (χ2n) is 10.9. The molecule has 2 nitrogen and oxygen atoms in total. The van der Waals surface area contributed by atoms with E-state index in [1.807, 2.05) is 0 Å². The first kappa shape index (κ1) is 26.3. The van der Waals surface area contributed by atoms with E-state index < -0.39 is 11.6 Å². The number of unbranched alkanes of at least 4 members (excludes halogenated alkanes) is 1. The highest BCUT2D eigenvalue weighted by atomic mass is 19.2. The summed E-state index contributed by atoms with van der Waals surface area (Å²) in [6.45, 7) is 7.77. The predicted octanol–water partition coefficient (Wildman–Crippen LogP) is 8.96. The first-order valence-electron chi connectivity index (χ1n) is 13.7. The highest BCUT2D eigenvalue weighted by Crippen LogP contribution is 2.38. The molecule has 1 aromatic carbocycles. The largest absolute Gasteiger partial charge is 0.490 e. The maximum atomic E-state index is 14.6. The van der Waals surface area contributed by atoms with E-state index in [0.29, 0.717) is 25.0 Å². The van der Waals surface area contributed by atoms with Crippen LogP contribution < -0.4 is 9.47 Å². The summed E-state index contributed by atoms with van der Waals surface area (Å²) in [5, 5.41) is 0. The van der Waals surface area contributed by atoms with Gasteiger partial charge in [-0.3, -0.25) is 0 Å². The average molecular weight is 465 g/mol. The molecule has 2 saturated carbocycles. The molecule has 33 heavy (non-hydrogen) atoms. The van der Waals surface area contributed by atoms with Crippen LogP contribution in [0.5, 0.6) is 11.5 Å². The van der Waals surface area contributed by atoms with Gasteiger partial charge in [-0.1, -0.05) is 65.7 Å². The van der Waals surface area contributed by atoms with Gasteiger partial charge in [0.1, 0.15) is 0 Å². The zero-order valence-electron chi connectivity index (χ0n) is 21.2. The van der Waals surface area contributed by atoms with Crippen molar-refractivity contribution in [2.24, 2.45) is 29.6 Å². The van der Waals surface area contributed by atoms with Gasteiger partial charge in [0.05, 0.1) is 13.2 Å². The molecule has 2 aliphatic carbocycles. The van der Waals surface area contributed by atoms with Crippen molar-refractivity contribution in [3.05, 3.63) is 23.8 Å². The maximum absolute atomic E-state index is 14.6. The molecule has 1 atom stereocenters. The van der Waals surface area contributed by atoms with Gasteiger partial charge in [-0.2, -0.15) is 8.78 Å². The Morgan fingerprint density at radius 1 is 0.758 bits per heavy atom. The molecule has 0 aliphatic heterocycles. The SMILES string of the molecule is CCCCC(CCC)C1CCC(COc2ccc(OCC3CCC(C)CC3)c(F)c2F)CC1. The highest BCUT2D eigenvalue weighted by Gasteiger charge is 2.28. The van der Waals surface area contributed by atoms with Gasteiger partial charge >= 0.3 is 0 Å². The molecule has 1 unspecified atom stereocenters. The van der Waals surface area contributed by atoms with Crippen LogP contribution in [0.4, 0.5) is 8.78 Å². The van der Waals surface area contributed by atoms with Crippen molar-refractivity contribution < 1.29 is 18.3 Å². The lowest BCUT2D eigenvalue weighted by Gasteiger charge is -2.34. The lowest BCUT2D eigenvalue weighted by atomic mass is 9.73. The van der Waals surface area contributed by atoms with Gasteiger partial charge in [0.25, 0.3) is 0 Å². The molecule has 0 radical (unpaired) electrons. The lowest BCUT2D eigenvalue weighted by Crippen LogP contribution is -2.25. The average Bonchev–Trinajstić information content (AvgIpc) is 2.83. The highest BCUT2D eigenvalue weighted by molar-refractivity contribution is 5.35. The smallest absolute Gasteiger partial charge is 0.204 e. The number of ether oxygens (including phenoxy) is 2. The van der Waals surface area contributed by atoms with Crippen molar-refractivity contribution in [1.29, 1.82) is 0 Å². The molecule has 0 aromatic heterocycles. The van der Waals surface area contributed by atoms with Gasteiger partial charge in [0.15, 0.2) is 11.5 Å². The summed E-state index contributed by atoms with van der Waals surface area (Å²) in [6, 6.07) is 3.06. The Morgan fingerprint density at radius 2 is 1.27 bits per heavy atom. The second kappa shape index (κ2) is 13.5. The van der Waals surface area contributed by atoms with E-state index in [1.165, 1.54) is 69.9 Å². The minimum Gasteiger partial charge on any atom is -0.490 e. The van der Waals surface area contributed by atoms with Crippen molar-refractivity contribution in [1.82, 2.24) is 0 Å². The third-order valence-corrected chi connectivity index (χ3v) is 8.24. The Labute approximate surface area is 200 Å². The van der Waals surface area contributed by atoms with Crippen molar-refractivity contribution in [2.45, 2.75) is 104 Å². The summed E-state index contributed by atoms with van der Waals surface area (Å²) in [6.07, 6.45) is 15.9. The third-order valence-electron chi connectivity index (χ3n) is 8.24. The molecule has 0 amide bonds. The predicted molar refractivity (Wildman–Crippen MR) is 132 cm³/mol. The summed E-state index contributed by atoms with van der Waals surface area (Å²) in [5.41, 5.74) is 0. The summed E-state index contributed by atoms with van der Waals surface area (Å²) in [4.78, 5) is 0. The Kier molecular flexibility index (Phi) is 10.8. The van der Waals surface area contributed by atoms with Crippen LogP contribution in [0.1, 0.15) is 104 Å². The molecule has 0 saturated heterocycles. The van der Waals surface area contributed by atoms with Gasteiger partial charge in [-0.25, -0.2) is 0 Å². The molecule has 0 N–H and O–H groups in total. The summed E-state index contributed by atoms with van der Waals surface area (Å²) in [7, 11) is 0. The summed E-state index contributed by atoms with van der Waals surface area (Å²) in [5.74, 6) is 1.50. The van der Waals surface area contributed by atoms with E-state index in [-0.39, 0.29) is 11.5 Å². The number of halogens is 2. The monoisotopic (exact) mass is 464 g/mol. The number of rotatable bonds is 12. The van der Waals surface area contributed by atoms with Crippen molar-refractivity contribution in [3.8, 4) is 11.5 Å². The van der Waals surface area contributed by atoms with Gasteiger partial charge in [-0.05, 0) is 80.2 Å². The second-order valence-corrected chi connectivity index (χ2v) is 10.9. The Morgan fingerprint density at radius 3 is 1.76 bits per heavy atom. The molecule has 0 spiro atoms. The fraction of sp³-hybridized carbons (Fsp3) is 0.793. The van der Waals surface area contributed by atoms with Crippen LogP contribution in [0.3, 0.4) is 0 Å². The molecule has 4 heteroatoms. The van der Waals surface area contributed by atoms with Crippen LogP contribution in [0.15, 0.2) is 12.1 Å². The zero-order valence-corrected chi connectivity index (χ0v) is 21.2. The molecular formula is C29H46F2O2. The standard InChI is InChI=1S/C29H46F2O2/c1-4-6-8-24(7-5-2)25-15-13-23(14-16-25)20-33-27-18-17-26(28(30)29(27)31)32-19-22-11-9-21(3)10-12-22/h17-18,21-25H,4-16,19-20H2,1-3H3. The topological polar surface area (TPSA) is 18.5 Å². The number of benzene rings is 1. The van der Waals surface area contributed by atoms with Gasteiger partial charge in [-0.15, -0.1) is 0 Å². The van der Waals surface area contributed by atoms with Crippen LogP contribution in [0.25, 0.3) is 0 Å². The quantitative estimate of drug-likeness (QED) is 0.307. The Balaban J connectivity index is 1.44. The van der Waals surface area contributed by atoms with Crippen molar-refractivity contribution >= 4 is 0 Å². The van der Waals surface area contributed by atoms with E-state index in [4.69, 9.17) is 9.47 Å². The molecular weight excluding hydrogens is 418 g/mol. The minimum atomic E-state index is -0.918. The van der Waals surface area contributed by atoms with E-state index in [2.05, 4.69) is 20.8 Å². The third kappa shape index (κ3) is 7.86. The number of hydrogen-bond acceptors (Lipinski definition) is 2. The van der Waals surface area contributed by atoms with Crippen LogP contribution in [0, 0.1) is 41.2 Å². The van der Waals surface area contributed by atoms with Gasteiger partial charge in [0, 0.05) is 0 Å². The van der Waals surface area contributed by atoms with Gasteiger partial charge in [0.2, 0.25) is 11.6 Å². The molecule has 3 rings (SSSR count). The normalized spacial score (nSPS) is 26.7. The first-order chi connectivity index (χ1) is 16.0. The molecule has 0 heterocycles. The molecule has 0 bridgehead atoms. The van der Waals surface area contributed by atoms with E-state index in [1.54, 1.807) is 0 Å². The summed E-state index contributed by atoms with van der Waals surface area (Å²) < 4.78 is 40.6. The van der Waals surface area contributed by atoms with Crippen molar-refractivity contribution in [3.63, 3.8) is 0 Å². The fourth-order valence-electron chi connectivity index (χ4n) is 5.93. The van der Waals surface area contributed by atoms with Crippen molar-refractivity contribution in [2.75, 3.05) is 13.2 Å². The van der Waals surface area contributed by atoms with Gasteiger partial charge < -0.3 is 9.47 Å². The molecule has 2 fully saturated rings. The van der Waals surface area contributed by atoms with E-state index in [9.17, 15) is 8.78 Å². The Bertz CT molecular complexity index is 691. The zero-order chi connectivity index (χ0) is 23.6. The summed E-state index contributed by atoms with van der Waals surface area (Å²) >= 11 is 0. The fourth-order valence-corrected chi connectivity index (χ4v) is 5.93. The van der Waals surface area contributed by atoms with E-state index in [0.717, 1.165) is 43.4 Å². The maximum Gasteiger partial charge on any atom is 0.204 e. The van der Waals surface area contributed by atoms with Crippen LogP contribution in [0.2, 0.25) is 0 Å². The molecule has 2 aliphatic rings. The van der Waals surface area contributed by atoms with Crippen LogP contribution in [-0.4, -0.2) is 13.2 Å². The first-order valence-corrected chi connectivity index (χ1v) is 13.7. The van der Waals surface area contributed by atoms with Crippen LogP contribution >= 0.6 is 0 Å². The number of hydrogen-bond donors (Lipinski definition) is 0. The van der Waals surface area contributed by atoms with E-state index >= 15 is 0 Å². The molecule has 188 valence electrons. The molecule has 1 aromatic rings. The lowest BCUT2D eigenvalue weighted by molar-refractivity contribution is 0.141. The van der Waals surface area contributed by atoms with Crippen LogP contribution in [-0.2, 0) is 0 Å². The Hall–Kier alpha value is -1.32. The minimum absolute atomic E-state index is 0.00743.